The number of sulfonamides is 1. The van der Waals surface area contributed by atoms with E-state index >= 15 is 0 Å². The second-order valence-corrected chi connectivity index (χ2v) is 4.43. The molecular formula is C6H10N2Na2O5S. The van der Waals surface area contributed by atoms with Crippen LogP contribution in [-0.4, -0.2) is 44.3 Å². The number of hydrogen-bond acceptors (Lipinski definition) is 5. The Kier molecular flexibility index (Phi) is 7.50. The first kappa shape index (κ1) is 18.8. The molecule has 0 aromatic carbocycles. The minimum atomic E-state index is -4.19. The summed E-state index contributed by atoms with van der Waals surface area (Å²) in [6, 6.07) is 0. The fourth-order valence-electron chi connectivity index (χ4n) is 0.871. The molecule has 0 saturated carbocycles. The van der Waals surface area contributed by atoms with E-state index in [0.717, 1.165) is 4.90 Å². The van der Waals surface area contributed by atoms with Crippen LogP contribution in [0.25, 0.3) is 0 Å². The third-order valence-corrected chi connectivity index (χ3v) is 2.89. The van der Waals surface area contributed by atoms with Gasteiger partial charge in [0.1, 0.15) is 0 Å². The maximum atomic E-state index is 11.3. The predicted molar refractivity (Wildman–Crippen MR) is 47.6 cm³/mol. The molecule has 0 aromatic rings. The van der Waals surface area contributed by atoms with Gasteiger partial charge in [-0.05, 0) is 0 Å². The third kappa shape index (κ3) is 3.46. The van der Waals surface area contributed by atoms with Gasteiger partial charge in [0, 0.05) is 14.1 Å². The molecule has 0 aliphatic carbocycles. The fourth-order valence-corrected chi connectivity index (χ4v) is 2.07. The van der Waals surface area contributed by atoms with Crippen LogP contribution in [0.5, 0.6) is 0 Å². The number of nitrogens with zero attached hydrogens (tertiary/aromatic N) is 1. The smallest absolute Gasteiger partial charge is 1.00 e. The summed E-state index contributed by atoms with van der Waals surface area (Å²) < 4.78 is 23.8. The van der Waals surface area contributed by atoms with Crippen LogP contribution in [0.4, 0.5) is 0 Å². The standard InChI is InChI=1S/C6H8N2O5S.2Na.2H/c1-8(2)6(11)4-3(9)5(10)7-14(4,12)13;;;;/h9H,1-2H3,(H,7,10);;;;/q;2*+1;2*-1. The minimum absolute atomic E-state index is 0. The Hall–Kier alpha value is 0.430. The van der Waals surface area contributed by atoms with Crippen molar-refractivity contribution in [1.29, 1.82) is 0 Å². The molecule has 0 unspecified atom stereocenters. The van der Waals surface area contributed by atoms with Crippen LogP contribution in [0, 0.1) is 0 Å². The Labute approximate surface area is 140 Å². The molecule has 1 rings (SSSR count). The van der Waals surface area contributed by atoms with Gasteiger partial charge in [-0.2, -0.15) is 0 Å². The molecule has 0 bridgehead atoms. The van der Waals surface area contributed by atoms with Crippen LogP contribution >= 0.6 is 0 Å². The zero-order valence-corrected chi connectivity index (χ0v) is 14.3. The summed E-state index contributed by atoms with van der Waals surface area (Å²) in [7, 11) is -1.58. The summed E-state index contributed by atoms with van der Waals surface area (Å²) in [4.78, 5) is 22.0. The summed E-state index contributed by atoms with van der Waals surface area (Å²) in [6.45, 7) is 0. The second-order valence-electron chi connectivity index (χ2n) is 2.81. The zero-order valence-electron chi connectivity index (χ0n) is 11.4. The van der Waals surface area contributed by atoms with Crippen LogP contribution in [0.1, 0.15) is 2.85 Å². The van der Waals surface area contributed by atoms with Gasteiger partial charge in [0.15, 0.2) is 4.91 Å². The Morgan fingerprint density at radius 2 is 1.81 bits per heavy atom. The van der Waals surface area contributed by atoms with E-state index in [4.69, 9.17) is 5.11 Å². The summed E-state index contributed by atoms with van der Waals surface area (Å²) in [6.07, 6.45) is 0. The predicted octanol–water partition coefficient (Wildman–Crippen LogP) is -7.46. The van der Waals surface area contributed by atoms with E-state index in [1.165, 1.54) is 18.8 Å². The molecule has 10 heteroatoms. The van der Waals surface area contributed by atoms with Gasteiger partial charge in [-0.3, -0.25) is 9.59 Å². The van der Waals surface area contributed by atoms with E-state index in [1.807, 2.05) is 0 Å². The quantitative estimate of drug-likeness (QED) is 0.460. The van der Waals surface area contributed by atoms with Crippen molar-refractivity contribution in [2.75, 3.05) is 14.1 Å². The van der Waals surface area contributed by atoms with Crippen LogP contribution in [0.2, 0.25) is 0 Å². The van der Waals surface area contributed by atoms with Gasteiger partial charge in [0.2, 0.25) is 5.76 Å². The first-order chi connectivity index (χ1) is 6.27. The first-order valence-corrected chi connectivity index (χ1v) is 4.97. The van der Waals surface area contributed by atoms with E-state index < -0.39 is 32.5 Å². The topological polar surface area (TPSA) is 104 Å². The number of carbonyl (C=O) groups is 2. The number of hydrogen-bond donors (Lipinski definition) is 2. The van der Waals surface area contributed by atoms with Crippen molar-refractivity contribution in [3.8, 4) is 0 Å². The van der Waals surface area contributed by atoms with Crippen molar-refractivity contribution in [2.24, 2.45) is 0 Å². The third-order valence-electron chi connectivity index (χ3n) is 1.53. The van der Waals surface area contributed by atoms with Crippen molar-refractivity contribution >= 4 is 21.8 Å². The summed E-state index contributed by atoms with van der Waals surface area (Å²) in [5.41, 5.74) is 0. The second kappa shape index (κ2) is 6.39. The SMILES string of the molecule is CN(C)C(=O)C1=C(O)C(=O)NS1(=O)=O.[H-].[H-].[Na+].[Na+]. The largest absolute Gasteiger partial charge is 1.00 e. The zero-order chi connectivity index (χ0) is 11.1. The molecule has 16 heavy (non-hydrogen) atoms. The molecule has 0 aromatic heterocycles. The molecule has 1 aliphatic heterocycles. The number of rotatable bonds is 1. The molecule has 1 aliphatic rings. The maximum absolute atomic E-state index is 11.3. The average molecular weight is 268 g/mol. The molecule has 7 nitrogen and oxygen atoms in total. The minimum Gasteiger partial charge on any atom is -1.00 e. The number of likely N-dealkylation sites (N-methyl/N-ethyl adjacent to an activating group) is 1. The van der Waals surface area contributed by atoms with Crippen LogP contribution in [-0.2, 0) is 19.6 Å². The molecule has 0 spiro atoms. The average Bonchev–Trinajstić information content (AvgIpc) is 2.20. The first-order valence-electron chi connectivity index (χ1n) is 3.49. The molecule has 0 fully saturated rings. The van der Waals surface area contributed by atoms with Crippen molar-refractivity contribution in [3.63, 3.8) is 0 Å². The van der Waals surface area contributed by atoms with E-state index in [2.05, 4.69) is 0 Å². The van der Waals surface area contributed by atoms with Gasteiger partial charge in [0.05, 0.1) is 0 Å². The number of aliphatic hydroxyl groups is 1. The maximum Gasteiger partial charge on any atom is 1.00 e. The fraction of sp³-hybridized carbons (Fsp3) is 0.333. The Balaban J connectivity index is -0.000000245. The molecule has 82 valence electrons. The molecular weight excluding hydrogens is 258 g/mol. The van der Waals surface area contributed by atoms with Gasteiger partial charge >= 0.3 is 65.0 Å². The molecule has 0 saturated heterocycles. The molecule has 0 atom stereocenters. The van der Waals surface area contributed by atoms with Gasteiger partial charge in [-0.15, -0.1) is 0 Å². The Morgan fingerprint density at radius 1 is 1.38 bits per heavy atom. The van der Waals surface area contributed by atoms with E-state index in [0.29, 0.717) is 0 Å². The van der Waals surface area contributed by atoms with Crippen LogP contribution < -0.4 is 63.8 Å². The van der Waals surface area contributed by atoms with Crippen molar-refractivity contribution in [2.45, 2.75) is 0 Å². The van der Waals surface area contributed by atoms with E-state index in [1.54, 1.807) is 0 Å². The van der Waals surface area contributed by atoms with Gasteiger partial charge in [-0.1, -0.05) is 0 Å². The number of carbonyl (C=O) groups excluding carboxylic acids is 2. The Bertz CT molecular complexity index is 451. The molecule has 0 radical (unpaired) electrons. The van der Waals surface area contributed by atoms with Crippen molar-refractivity contribution in [3.05, 3.63) is 10.7 Å². The van der Waals surface area contributed by atoms with E-state index in [-0.39, 0.29) is 62.0 Å². The summed E-state index contributed by atoms with van der Waals surface area (Å²) in [5, 5.41) is 9.05. The van der Waals surface area contributed by atoms with Crippen LogP contribution in [0.3, 0.4) is 0 Å². The van der Waals surface area contributed by atoms with E-state index in [9.17, 15) is 18.0 Å². The van der Waals surface area contributed by atoms with Gasteiger partial charge in [-0.25, -0.2) is 13.1 Å². The van der Waals surface area contributed by atoms with Gasteiger partial charge in [0.25, 0.3) is 15.9 Å². The molecule has 2 amide bonds. The monoisotopic (exact) mass is 268 g/mol. The Morgan fingerprint density at radius 3 is 2.06 bits per heavy atom. The molecule has 1 heterocycles. The number of nitrogens with one attached hydrogen (secondary N) is 1. The number of aliphatic hydroxyl groups excluding tert-OH is 1. The van der Waals surface area contributed by atoms with Crippen molar-refractivity contribution in [1.82, 2.24) is 9.62 Å². The summed E-state index contributed by atoms with van der Waals surface area (Å²) >= 11 is 0. The van der Waals surface area contributed by atoms with Gasteiger partial charge < -0.3 is 12.9 Å². The molecule has 2 N–H and O–H groups in total. The van der Waals surface area contributed by atoms with Crippen LogP contribution in [0.15, 0.2) is 10.7 Å². The summed E-state index contributed by atoms with van der Waals surface area (Å²) in [5.74, 6) is -3.19. The number of amides is 2. The normalized spacial score (nSPS) is 17.0. The van der Waals surface area contributed by atoms with Crippen molar-refractivity contribution < 1.29 is 85.1 Å².